The van der Waals surface area contributed by atoms with Crippen molar-refractivity contribution in [3.63, 3.8) is 0 Å². The van der Waals surface area contributed by atoms with Crippen LogP contribution in [0.15, 0.2) is 29.2 Å². The van der Waals surface area contributed by atoms with Crippen molar-refractivity contribution in [2.45, 2.75) is 17.9 Å². The van der Waals surface area contributed by atoms with Crippen LogP contribution in [-0.4, -0.2) is 55.1 Å². The summed E-state index contributed by atoms with van der Waals surface area (Å²) in [4.78, 5) is 0.242. The highest BCUT2D eigenvalue weighted by Crippen LogP contribution is 2.25. The zero-order chi connectivity index (χ0) is 14.6. The van der Waals surface area contributed by atoms with Crippen LogP contribution in [0.4, 0.5) is 0 Å². The van der Waals surface area contributed by atoms with Gasteiger partial charge in [-0.15, -0.1) is 0 Å². The van der Waals surface area contributed by atoms with Crippen molar-refractivity contribution in [2.75, 3.05) is 31.3 Å². The lowest BCUT2D eigenvalue weighted by molar-refractivity contribution is 0.202. The summed E-state index contributed by atoms with van der Waals surface area (Å²) in [5, 5.41) is 9.35. The van der Waals surface area contributed by atoms with Crippen LogP contribution in [0.1, 0.15) is 6.92 Å². The van der Waals surface area contributed by atoms with Gasteiger partial charge in [0.2, 0.25) is 10.0 Å². The summed E-state index contributed by atoms with van der Waals surface area (Å²) >= 11 is 1.67. The van der Waals surface area contributed by atoms with Crippen molar-refractivity contribution in [3.8, 4) is 5.75 Å². The summed E-state index contributed by atoms with van der Waals surface area (Å²) < 4.78 is 31.9. The number of rotatable bonds is 5. The van der Waals surface area contributed by atoms with E-state index in [9.17, 15) is 13.5 Å². The lowest BCUT2D eigenvalue weighted by Crippen LogP contribution is -2.47. The average Bonchev–Trinajstić information content (AvgIpc) is 2.48. The van der Waals surface area contributed by atoms with Gasteiger partial charge in [0.15, 0.2) is 0 Å². The van der Waals surface area contributed by atoms with E-state index in [1.807, 2.05) is 6.92 Å². The van der Waals surface area contributed by atoms with Gasteiger partial charge >= 0.3 is 0 Å². The Bertz CT molecular complexity index is 530. The molecule has 0 aromatic heterocycles. The van der Waals surface area contributed by atoms with Crippen molar-refractivity contribution in [1.82, 2.24) is 4.31 Å². The van der Waals surface area contributed by atoms with Crippen LogP contribution in [0.2, 0.25) is 0 Å². The molecule has 1 saturated heterocycles. The molecule has 0 saturated carbocycles. The van der Waals surface area contributed by atoms with E-state index < -0.39 is 10.0 Å². The van der Waals surface area contributed by atoms with Gasteiger partial charge < -0.3 is 9.84 Å². The van der Waals surface area contributed by atoms with E-state index in [1.54, 1.807) is 36.0 Å². The van der Waals surface area contributed by atoms with Crippen molar-refractivity contribution < 1.29 is 18.3 Å². The fourth-order valence-electron chi connectivity index (χ4n) is 2.11. The highest BCUT2D eigenvalue weighted by atomic mass is 32.2. The van der Waals surface area contributed by atoms with Crippen molar-refractivity contribution >= 4 is 21.8 Å². The third kappa shape index (κ3) is 3.28. The molecule has 7 heteroatoms. The Hall–Kier alpha value is -0.760. The first kappa shape index (κ1) is 15.6. The highest BCUT2D eigenvalue weighted by Gasteiger charge is 2.33. The Morgan fingerprint density at radius 1 is 1.40 bits per heavy atom. The molecule has 0 radical (unpaired) electrons. The quantitative estimate of drug-likeness (QED) is 0.883. The number of hydrogen-bond acceptors (Lipinski definition) is 5. The summed E-state index contributed by atoms with van der Waals surface area (Å²) in [6.07, 6.45) is 0. The topological polar surface area (TPSA) is 66.8 Å². The molecule has 1 heterocycles. The normalized spacial score (nSPS) is 20.8. The summed E-state index contributed by atoms with van der Waals surface area (Å²) in [7, 11) is -3.55. The molecule has 112 valence electrons. The molecule has 20 heavy (non-hydrogen) atoms. The Morgan fingerprint density at radius 3 is 2.70 bits per heavy atom. The monoisotopic (exact) mass is 317 g/mol. The fourth-order valence-corrected chi connectivity index (χ4v) is 4.99. The second-order valence-corrected chi connectivity index (χ2v) is 7.47. The lowest BCUT2D eigenvalue weighted by Gasteiger charge is -2.33. The average molecular weight is 317 g/mol. The summed E-state index contributed by atoms with van der Waals surface area (Å²) in [6.45, 7) is 2.71. The molecule has 0 aliphatic carbocycles. The number of benzene rings is 1. The molecule has 0 spiro atoms. The van der Waals surface area contributed by atoms with E-state index in [1.165, 1.54) is 4.31 Å². The molecule has 2 rings (SSSR count). The van der Waals surface area contributed by atoms with Crippen LogP contribution in [0.3, 0.4) is 0 Å². The first-order valence-corrected chi connectivity index (χ1v) is 9.12. The van der Waals surface area contributed by atoms with E-state index in [0.717, 1.165) is 5.75 Å². The van der Waals surface area contributed by atoms with Crippen LogP contribution in [0.5, 0.6) is 5.75 Å². The zero-order valence-electron chi connectivity index (χ0n) is 11.4. The second-order valence-electron chi connectivity index (χ2n) is 4.43. The van der Waals surface area contributed by atoms with E-state index in [0.29, 0.717) is 24.7 Å². The van der Waals surface area contributed by atoms with E-state index in [-0.39, 0.29) is 17.5 Å². The number of thioether (sulfide) groups is 1. The summed E-state index contributed by atoms with van der Waals surface area (Å²) in [6, 6.07) is 6.07. The highest BCUT2D eigenvalue weighted by molar-refractivity contribution is 7.99. The van der Waals surface area contributed by atoms with Crippen LogP contribution in [0, 0.1) is 0 Å². The van der Waals surface area contributed by atoms with Crippen LogP contribution in [0.25, 0.3) is 0 Å². The Labute approximate surface area is 124 Å². The van der Waals surface area contributed by atoms with E-state index >= 15 is 0 Å². The fraction of sp³-hybridized carbons (Fsp3) is 0.538. The standard InChI is InChI=1S/C13H19NO4S2/c1-2-18-12-3-5-13(6-4-12)20(16,17)14-7-8-19-10-11(14)9-15/h3-6,11,15H,2,7-10H2,1H3. The Balaban J connectivity index is 2.24. The Morgan fingerprint density at radius 2 is 2.10 bits per heavy atom. The molecule has 1 aliphatic heterocycles. The number of nitrogens with zero attached hydrogens (tertiary/aromatic N) is 1. The van der Waals surface area contributed by atoms with Crippen LogP contribution >= 0.6 is 11.8 Å². The zero-order valence-corrected chi connectivity index (χ0v) is 13.0. The molecule has 1 aromatic carbocycles. The van der Waals surface area contributed by atoms with Gasteiger partial charge in [0, 0.05) is 18.1 Å². The molecule has 1 aliphatic rings. The summed E-state index contributed by atoms with van der Waals surface area (Å²) in [5.41, 5.74) is 0. The van der Waals surface area contributed by atoms with Crippen molar-refractivity contribution in [2.24, 2.45) is 0 Å². The van der Waals surface area contributed by atoms with Gasteiger partial charge in [-0.25, -0.2) is 8.42 Å². The molecule has 1 N–H and O–H groups in total. The number of ether oxygens (including phenoxy) is 1. The second kappa shape index (κ2) is 6.80. The van der Waals surface area contributed by atoms with Gasteiger partial charge in [-0.2, -0.15) is 16.1 Å². The first-order chi connectivity index (χ1) is 9.59. The predicted octanol–water partition coefficient (Wildman–Crippen LogP) is 1.18. The minimum atomic E-state index is -3.55. The lowest BCUT2D eigenvalue weighted by atomic mass is 10.3. The molecule has 5 nitrogen and oxygen atoms in total. The molecular weight excluding hydrogens is 298 g/mol. The minimum absolute atomic E-state index is 0.150. The number of aliphatic hydroxyl groups excluding tert-OH is 1. The van der Waals surface area contributed by atoms with Gasteiger partial charge in [-0.1, -0.05) is 0 Å². The molecule has 1 unspecified atom stereocenters. The maximum Gasteiger partial charge on any atom is 0.243 e. The largest absolute Gasteiger partial charge is 0.494 e. The predicted molar refractivity (Wildman–Crippen MR) is 79.7 cm³/mol. The van der Waals surface area contributed by atoms with Gasteiger partial charge in [0.05, 0.1) is 24.2 Å². The minimum Gasteiger partial charge on any atom is -0.494 e. The van der Waals surface area contributed by atoms with E-state index in [2.05, 4.69) is 0 Å². The van der Waals surface area contributed by atoms with Gasteiger partial charge in [-0.05, 0) is 31.2 Å². The smallest absolute Gasteiger partial charge is 0.243 e. The molecule has 1 atom stereocenters. The van der Waals surface area contributed by atoms with Crippen molar-refractivity contribution in [3.05, 3.63) is 24.3 Å². The van der Waals surface area contributed by atoms with Crippen molar-refractivity contribution in [1.29, 1.82) is 0 Å². The maximum absolute atomic E-state index is 12.6. The third-order valence-electron chi connectivity index (χ3n) is 3.13. The SMILES string of the molecule is CCOc1ccc(S(=O)(=O)N2CCSCC2CO)cc1. The maximum atomic E-state index is 12.6. The van der Waals surface area contributed by atoms with Crippen LogP contribution < -0.4 is 4.74 Å². The van der Waals surface area contributed by atoms with E-state index in [4.69, 9.17) is 4.74 Å². The molecule has 0 amide bonds. The first-order valence-electron chi connectivity index (χ1n) is 6.53. The Kier molecular flexibility index (Phi) is 5.31. The third-order valence-corrected chi connectivity index (χ3v) is 6.18. The molecular formula is C13H19NO4S2. The van der Waals surface area contributed by atoms with Gasteiger partial charge in [-0.3, -0.25) is 0 Å². The van der Waals surface area contributed by atoms with Gasteiger partial charge in [0.25, 0.3) is 0 Å². The van der Waals surface area contributed by atoms with Gasteiger partial charge in [0.1, 0.15) is 5.75 Å². The molecule has 0 bridgehead atoms. The molecule has 1 fully saturated rings. The number of sulfonamides is 1. The molecule has 1 aromatic rings. The number of aliphatic hydroxyl groups is 1. The van der Waals surface area contributed by atoms with Crippen LogP contribution in [-0.2, 0) is 10.0 Å². The number of hydrogen-bond donors (Lipinski definition) is 1. The summed E-state index contributed by atoms with van der Waals surface area (Å²) in [5.74, 6) is 2.04.